The van der Waals surface area contributed by atoms with Crippen molar-refractivity contribution in [2.24, 2.45) is 0 Å². The summed E-state index contributed by atoms with van der Waals surface area (Å²) in [6.07, 6.45) is 0. The van der Waals surface area contributed by atoms with Crippen LogP contribution >= 0.6 is 0 Å². The van der Waals surface area contributed by atoms with Crippen LogP contribution in [0.15, 0.2) is 28.7 Å². The molecule has 2 aromatic rings. The molecule has 1 aromatic carbocycles. The van der Waals surface area contributed by atoms with E-state index in [0.29, 0.717) is 17.9 Å². The number of benzene rings is 1. The molecule has 3 rings (SSSR count). The van der Waals surface area contributed by atoms with Gasteiger partial charge in [0, 0.05) is 30.9 Å². The molecule has 1 aliphatic rings. The zero-order valence-electron chi connectivity index (χ0n) is 12.7. The molecule has 0 fully saturated rings. The van der Waals surface area contributed by atoms with Gasteiger partial charge in [-0.05, 0) is 32.4 Å². The van der Waals surface area contributed by atoms with Crippen molar-refractivity contribution in [2.45, 2.75) is 27.3 Å². The molecule has 1 amide bonds. The third-order valence-corrected chi connectivity index (χ3v) is 4.13. The number of nitrogens with zero attached hydrogens (tertiary/aromatic N) is 1. The van der Waals surface area contributed by atoms with Crippen molar-refractivity contribution in [2.75, 3.05) is 18.0 Å². The summed E-state index contributed by atoms with van der Waals surface area (Å²) >= 11 is 0. The van der Waals surface area contributed by atoms with Gasteiger partial charge in [-0.15, -0.1) is 0 Å². The van der Waals surface area contributed by atoms with E-state index in [-0.39, 0.29) is 5.91 Å². The first-order chi connectivity index (χ1) is 10.1. The predicted molar refractivity (Wildman–Crippen MR) is 82.7 cm³/mol. The third-order valence-electron chi connectivity index (χ3n) is 4.13. The van der Waals surface area contributed by atoms with Gasteiger partial charge in [0.25, 0.3) is 5.91 Å². The Balaban J connectivity index is 2.05. The van der Waals surface area contributed by atoms with Gasteiger partial charge < -0.3 is 14.6 Å². The predicted octanol–water partition coefficient (Wildman–Crippen LogP) is 2.95. The van der Waals surface area contributed by atoms with E-state index in [1.807, 2.05) is 43.9 Å². The summed E-state index contributed by atoms with van der Waals surface area (Å²) in [4.78, 5) is 14.9. The fourth-order valence-electron chi connectivity index (χ4n) is 2.91. The van der Waals surface area contributed by atoms with Gasteiger partial charge in [-0.25, -0.2) is 0 Å². The lowest BCUT2D eigenvalue weighted by Crippen LogP contribution is -2.35. The molecule has 4 nitrogen and oxygen atoms in total. The first kappa shape index (κ1) is 13.9. The number of carbonyl (C=O) groups excluding carboxylic acids is 1. The number of amides is 1. The van der Waals surface area contributed by atoms with Crippen LogP contribution in [0.3, 0.4) is 0 Å². The molecule has 1 aromatic heterocycles. The summed E-state index contributed by atoms with van der Waals surface area (Å²) in [5, 5.41) is 3.36. The Labute approximate surface area is 124 Å². The Morgan fingerprint density at radius 2 is 1.95 bits per heavy atom. The van der Waals surface area contributed by atoms with Crippen LogP contribution in [0.2, 0.25) is 0 Å². The summed E-state index contributed by atoms with van der Waals surface area (Å²) in [6.45, 7) is 7.95. The third kappa shape index (κ3) is 2.36. The number of nitrogens with one attached hydrogen (secondary N) is 1. The first-order valence-corrected chi connectivity index (χ1v) is 7.26. The van der Waals surface area contributed by atoms with E-state index in [9.17, 15) is 4.79 Å². The number of carbonyl (C=O) groups is 1. The Hall–Kier alpha value is -2.07. The Morgan fingerprint density at radius 1 is 1.19 bits per heavy atom. The lowest BCUT2D eigenvalue weighted by molar-refractivity contribution is 0.0985. The summed E-state index contributed by atoms with van der Waals surface area (Å²) < 4.78 is 5.61. The number of anilines is 1. The zero-order valence-corrected chi connectivity index (χ0v) is 12.7. The standard InChI is InChI=1S/C17H20N2O2/c1-11-12(2)21-13(3)16(11)17(20)19-9-8-18-10-14-6-4-5-7-15(14)19/h4-7,18H,8-10H2,1-3H3. The van der Waals surface area contributed by atoms with E-state index in [4.69, 9.17) is 4.42 Å². The quantitative estimate of drug-likeness (QED) is 0.875. The molecule has 110 valence electrons. The lowest BCUT2D eigenvalue weighted by Gasteiger charge is -2.22. The lowest BCUT2D eigenvalue weighted by atomic mass is 10.1. The molecule has 0 aliphatic carbocycles. The Morgan fingerprint density at radius 3 is 2.67 bits per heavy atom. The van der Waals surface area contributed by atoms with Crippen molar-refractivity contribution in [3.05, 3.63) is 52.5 Å². The van der Waals surface area contributed by atoms with Crippen LogP contribution in [-0.4, -0.2) is 19.0 Å². The minimum absolute atomic E-state index is 0.0259. The number of hydrogen-bond donors (Lipinski definition) is 1. The summed E-state index contributed by atoms with van der Waals surface area (Å²) in [7, 11) is 0. The zero-order chi connectivity index (χ0) is 15.0. The van der Waals surface area contributed by atoms with Crippen molar-refractivity contribution in [3.63, 3.8) is 0 Å². The topological polar surface area (TPSA) is 45.5 Å². The van der Waals surface area contributed by atoms with E-state index >= 15 is 0 Å². The largest absolute Gasteiger partial charge is 0.466 e. The molecule has 0 atom stereocenters. The Kier molecular flexibility index (Phi) is 3.55. The number of fused-ring (bicyclic) bond motifs is 1. The van der Waals surface area contributed by atoms with Crippen molar-refractivity contribution in [3.8, 4) is 0 Å². The van der Waals surface area contributed by atoms with Crippen LogP contribution in [0.1, 0.15) is 33.0 Å². The van der Waals surface area contributed by atoms with Crippen LogP contribution in [0.4, 0.5) is 5.69 Å². The molecule has 0 bridgehead atoms. The molecular weight excluding hydrogens is 264 g/mol. The normalized spacial score (nSPS) is 14.7. The summed E-state index contributed by atoms with van der Waals surface area (Å²) in [5.74, 6) is 1.54. The number of para-hydroxylation sites is 1. The minimum atomic E-state index is 0.0259. The van der Waals surface area contributed by atoms with Gasteiger partial charge in [-0.2, -0.15) is 0 Å². The SMILES string of the molecule is Cc1oc(C)c(C(=O)N2CCNCc3ccccc32)c1C. The average molecular weight is 284 g/mol. The highest BCUT2D eigenvalue weighted by Gasteiger charge is 2.27. The molecule has 1 N–H and O–H groups in total. The minimum Gasteiger partial charge on any atom is -0.466 e. The number of hydrogen-bond acceptors (Lipinski definition) is 3. The number of rotatable bonds is 1. The van der Waals surface area contributed by atoms with Gasteiger partial charge >= 0.3 is 0 Å². The maximum absolute atomic E-state index is 13.0. The maximum Gasteiger partial charge on any atom is 0.262 e. The monoisotopic (exact) mass is 284 g/mol. The first-order valence-electron chi connectivity index (χ1n) is 7.26. The average Bonchev–Trinajstić information content (AvgIpc) is 2.66. The molecule has 0 saturated heterocycles. The number of aryl methyl sites for hydroxylation is 2. The highest BCUT2D eigenvalue weighted by molar-refractivity contribution is 6.08. The molecule has 0 spiro atoms. The summed E-state index contributed by atoms with van der Waals surface area (Å²) in [6, 6.07) is 8.06. The smallest absolute Gasteiger partial charge is 0.262 e. The molecule has 0 unspecified atom stereocenters. The second-order valence-electron chi connectivity index (χ2n) is 5.48. The van der Waals surface area contributed by atoms with Crippen LogP contribution in [-0.2, 0) is 6.54 Å². The Bertz CT molecular complexity index is 688. The fourth-order valence-corrected chi connectivity index (χ4v) is 2.91. The van der Waals surface area contributed by atoms with Crippen molar-refractivity contribution >= 4 is 11.6 Å². The van der Waals surface area contributed by atoms with Crippen LogP contribution in [0.5, 0.6) is 0 Å². The van der Waals surface area contributed by atoms with E-state index < -0.39 is 0 Å². The van der Waals surface area contributed by atoms with Crippen molar-refractivity contribution < 1.29 is 9.21 Å². The molecular formula is C17H20N2O2. The second-order valence-corrected chi connectivity index (χ2v) is 5.48. The highest BCUT2D eigenvalue weighted by Crippen LogP contribution is 2.28. The van der Waals surface area contributed by atoms with E-state index in [1.165, 1.54) is 0 Å². The van der Waals surface area contributed by atoms with Gasteiger partial charge in [0.2, 0.25) is 0 Å². The van der Waals surface area contributed by atoms with Gasteiger partial charge in [0.15, 0.2) is 0 Å². The summed E-state index contributed by atoms with van der Waals surface area (Å²) in [5.41, 5.74) is 3.78. The van der Waals surface area contributed by atoms with E-state index in [0.717, 1.165) is 35.7 Å². The highest BCUT2D eigenvalue weighted by atomic mass is 16.3. The van der Waals surface area contributed by atoms with E-state index in [2.05, 4.69) is 11.4 Å². The molecule has 0 radical (unpaired) electrons. The van der Waals surface area contributed by atoms with Gasteiger partial charge in [-0.1, -0.05) is 18.2 Å². The van der Waals surface area contributed by atoms with Crippen molar-refractivity contribution in [1.29, 1.82) is 0 Å². The van der Waals surface area contributed by atoms with Crippen LogP contribution in [0, 0.1) is 20.8 Å². The molecule has 21 heavy (non-hydrogen) atoms. The molecule has 0 saturated carbocycles. The molecule has 4 heteroatoms. The molecule has 1 aliphatic heterocycles. The fraction of sp³-hybridized carbons (Fsp3) is 0.353. The van der Waals surface area contributed by atoms with Gasteiger partial charge in [0.1, 0.15) is 11.5 Å². The van der Waals surface area contributed by atoms with Crippen LogP contribution in [0.25, 0.3) is 0 Å². The maximum atomic E-state index is 13.0. The van der Waals surface area contributed by atoms with Crippen LogP contribution < -0.4 is 10.2 Å². The number of furan rings is 1. The second kappa shape index (κ2) is 5.37. The van der Waals surface area contributed by atoms with Crippen molar-refractivity contribution in [1.82, 2.24) is 5.32 Å². The van der Waals surface area contributed by atoms with Gasteiger partial charge in [0.05, 0.1) is 5.56 Å². The van der Waals surface area contributed by atoms with Gasteiger partial charge in [-0.3, -0.25) is 4.79 Å². The van der Waals surface area contributed by atoms with E-state index in [1.54, 1.807) is 0 Å². The molecule has 2 heterocycles.